The molecule has 1 fully saturated rings. The minimum absolute atomic E-state index is 0.0979. The number of hydrogen-bond donors (Lipinski definition) is 1. The molecule has 26 heavy (non-hydrogen) atoms. The number of piperidine rings is 1. The molecule has 0 saturated carbocycles. The molecule has 5 heteroatoms. The van der Waals surface area contributed by atoms with Crippen molar-refractivity contribution < 1.29 is 4.79 Å². The summed E-state index contributed by atoms with van der Waals surface area (Å²) in [5.41, 5.74) is 0. The lowest BCUT2D eigenvalue weighted by atomic mass is 9.97. The summed E-state index contributed by atoms with van der Waals surface area (Å²) in [7, 11) is 0. The molecule has 0 spiro atoms. The second-order valence-corrected chi connectivity index (χ2v) is 8.71. The van der Waals surface area contributed by atoms with Crippen LogP contribution in [0.4, 0.5) is 0 Å². The van der Waals surface area contributed by atoms with E-state index >= 15 is 0 Å². The summed E-state index contributed by atoms with van der Waals surface area (Å²) in [6.45, 7) is 7.53. The molecule has 1 heterocycles. The molecule has 1 saturated heterocycles. The fraction of sp³-hybridized carbons (Fsp3) is 0.476. The Morgan fingerprint density at radius 3 is 2.85 bits per heavy atom. The van der Waals surface area contributed by atoms with E-state index in [1.54, 1.807) is 11.8 Å². The molecule has 2 aromatic carbocycles. The van der Waals surface area contributed by atoms with Gasteiger partial charge >= 0.3 is 0 Å². The zero-order chi connectivity index (χ0) is 18.5. The van der Waals surface area contributed by atoms with Gasteiger partial charge in [0.15, 0.2) is 0 Å². The lowest BCUT2D eigenvalue weighted by molar-refractivity contribution is -0.118. The van der Waals surface area contributed by atoms with Crippen LogP contribution in [0, 0.1) is 5.92 Å². The van der Waals surface area contributed by atoms with Crippen LogP contribution in [-0.4, -0.2) is 42.2 Å². The first kappa shape index (κ1) is 19.5. The fourth-order valence-corrected chi connectivity index (χ4v) is 4.84. The first-order valence-corrected chi connectivity index (χ1v) is 10.7. The van der Waals surface area contributed by atoms with E-state index in [1.165, 1.54) is 19.4 Å². The number of nitrogens with zero attached hydrogens (tertiary/aromatic N) is 1. The SMILES string of the molecule is CC(C)N1CCCC(CNC(=O)CSc2cccc3cccc(Cl)c23)C1. The lowest BCUT2D eigenvalue weighted by Gasteiger charge is -2.35. The van der Waals surface area contributed by atoms with E-state index in [0.29, 0.717) is 17.7 Å². The second kappa shape index (κ2) is 9.12. The Balaban J connectivity index is 1.52. The van der Waals surface area contributed by atoms with Crippen molar-refractivity contribution in [3.63, 3.8) is 0 Å². The van der Waals surface area contributed by atoms with Crippen LogP contribution in [0.2, 0.25) is 5.02 Å². The molecule has 2 aromatic rings. The summed E-state index contributed by atoms with van der Waals surface area (Å²) in [6.07, 6.45) is 2.43. The highest BCUT2D eigenvalue weighted by Crippen LogP contribution is 2.33. The number of rotatable bonds is 6. The molecule has 0 aliphatic carbocycles. The van der Waals surface area contributed by atoms with E-state index in [-0.39, 0.29) is 5.91 Å². The predicted octanol–water partition coefficient (Wildman–Crippen LogP) is 4.82. The summed E-state index contributed by atoms with van der Waals surface area (Å²) in [4.78, 5) is 15.9. The summed E-state index contributed by atoms with van der Waals surface area (Å²) in [5, 5.41) is 6.01. The van der Waals surface area contributed by atoms with Gasteiger partial charge in [-0.25, -0.2) is 0 Å². The highest BCUT2D eigenvalue weighted by atomic mass is 35.5. The van der Waals surface area contributed by atoms with E-state index in [0.717, 1.165) is 33.8 Å². The van der Waals surface area contributed by atoms with Crippen molar-refractivity contribution >= 4 is 40.0 Å². The predicted molar refractivity (Wildman–Crippen MR) is 112 cm³/mol. The minimum Gasteiger partial charge on any atom is -0.355 e. The molecule has 1 N–H and O–H groups in total. The maximum Gasteiger partial charge on any atom is 0.230 e. The number of fused-ring (bicyclic) bond motifs is 1. The normalized spacial score (nSPS) is 18.4. The Labute approximate surface area is 165 Å². The number of nitrogens with one attached hydrogen (secondary N) is 1. The summed E-state index contributed by atoms with van der Waals surface area (Å²) in [6, 6.07) is 12.6. The summed E-state index contributed by atoms with van der Waals surface area (Å²) >= 11 is 7.92. The Bertz CT molecular complexity index is 760. The van der Waals surface area contributed by atoms with Crippen molar-refractivity contribution in [3.05, 3.63) is 41.4 Å². The van der Waals surface area contributed by atoms with Crippen molar-refractivity contribution in [2.24, 2.45) is 5.92 Å². The quantitative estimate of drug-likeness (QED) is 0.717. The molecule has 0 radical (unpaired) electrons. The molecule has 3 nitrogen and oxygen atoms in total. The topological polar surface area (TPSA) is 32.3 Å². The third kappa shape index (κ3) is 4.93. The molecule has 140 valence electrons. The third-order valence-electron chi connectivity index (χ3n) is 5.04. The average Bonchev–Trinajstić information content (AvgIpc) is 2.65. The van der Waals surface area contributed by atoms with Crippen LogP contribution in [-0.2, 0) is 4.79 Å². The van der Waals surface area contributed by atoms with Gasteiger partial charge in [0.1, 0.15) is 0 Å². The lowest BCUT2D eigenvalue weighted by Crippen LogP contribution is -2.44. The number of benzene rings is 2. The highest BCUT2D eigenvalue weighted by Gasteiger charge is 2.21. The highest BCUT2D eigenvalue weighted by molar-refractivity contribution is 8.00. The number of carbonyl (C=O) groups excluding carboxylic acids is 1. The van der Waals surface area contributed by atoms with Crippen LogP contribution in [0.5, 0.6) is 0 Å². The van der Waals surface area contributed by atoms with E-state index in [2.05, 4.69) is 36.2 Å². The van der Waals surface area contributed by atoms with Crippen LogP contribution in [0.25, 0.3) is 10.8 Å². The molecular formula is C21H27ClN2OS. The van der Waals surface area contributed by atoms with Crippen LogP contribution in [0.3, 0.4) is 0 Å². The summed E-state index contributed by atoms with van der Waals surface area (Å²) < 4.78 is 0. The van der Waals surface area contributed by atoms with Gasteiger partial charge in [0.25, 0.3) is 0 Å². The van der Waals surface area contributed by atoms with E-state index in [4.69, 9.17) is 11.6 Å². The first-order valence-electron chi connectivity index (χ1n) is 9.35. The van der Waals surface area contributed by atoms with Gasteiger partial charge in [-0.1, -0.05) is 35.9 Å². The van der Waals surface area contributed by atoms with Crippen LogP contribution < -0.4 is 5.32 Å². The molecule has 1 aliphatic heterocycles. The third-order valence-corrected chi connectivity index (χ3v) is 6.42. The largest absolute Gasteiger partial charge is 0.355 e. The van der Waals surface area contributed by atoms with Gasteiger partial charge in [0.2, 0.25) is 5.91 Å². The van der Waals surface area contributed by atoms with Crippen molar-refractivity contribution in [2.45, 2.75) is 37.6 Å². The molecule has 1 unspecified atom stereocenters. The average molecular weight is 391 g/mol. The van der Waals surface area contributed by atoms with Crippen LogP contribution in [0.1, 0.15) is 26.7 Å². The van der Waals surface area contributed by atoms with E-state index in [9.17, 15) is 4.79 Å². The summed E-state index contributed by atoms with van der Waals surface area (Å²) in [5.74, 6) is 1.08. The standard InChI is InChI=1S/C21H27ClN2OS/c1-15(2)24-11-5-6-16(13-24)12-23-20(25)14-26-19-10-4-8-17-7-3-9-18(22)21(17)19/h3-4,7-10,15-16H,5-6,11-14H2,1-2H3,(H,23,25). The number of carbonyl (C=O) groups is 1. The number of thioether (sulfide) groups is 1. The Morgan fingerprint density at radius 1 is 1.31 bits per heavy atom. The number of hydrogen-bond acceptors (Lipinski definition) is 3. The molecule has 1 amide bonds. The zero-order valence-electron chi connectivity index (χ0n) is 15.5. The zero-order valence-corrected chi connectivity index (χ0v) is 17.1. The fourth-order valence-electron chi connectivity index (χ4n) is 3.57. The van der Waals surface area contributed by atoms with Gasteiger partial charge in [-0.15, -0.1) is 11.8 Å². The second-order valence-electron chi connectivity index (χ2n) is 7.28. The smallest absolute Gasteiger partial charge is 0.230 e. The van der Waals surface area contributed by atoms with E-state index < -0.39 is 0 Å². The Hall–Kier alpha value is -1.23. The first-order chi connectivity index (χ1) is 12.5. The van der Waals surface area contributed by atoms with Gasteiger partial charge in [0.05, 0.1) is 5.75 Å². The van der Waals surface area contributed by atoms with Gasteiger partial charge in [-0.2, -0.15) is 0 Å². The van der Waals surface area contributed by atoms with Crippen molar-refractivity contribution in [1.29, 1.82) is 0 Å². The van der Waals surface area contributed by atoms with Gasteiger partial charge in [0, 0.05) is 34.4 Å². The number of halogens is 1. The van der Waals surface area contributed by atoms with Crippen LogP contribution in [0.15, 0.2) is 41.3 Å². The molecule has 0 aromatic heterocycles. The van der Waals surface area contributed by atoms with Gasteiger partial charge in [-0.05, 0) is 56.7 Å². The minimum atomic E-state index is 0.0979. The molecule has 3 rings (SSSR count). The van der Waals surface area contributed by atoms with Crippen molar-refractivity contribution in [2.75, 3.05) is 25.4 Å². The van der Waals surface area contributed by atoms with E-state index in [1.807, 2.05) is 24.3 Å². The van der Waals surface area contributed by atoms with Crippen LogP contribution >= 0.6 is 23.4 Å². The maximum absolute atomic E-state index is 12.3. The number of amides is 1. The van der Waals surface area contributed by atoms with Crippen molar-refractivity contribution in [3.8, 4) is 0 Å². The molecule has 1 aliphatic rings. The van der Waals surface area contributed by atoms with Gasteiger partial charge in [-0.3, -0.25) is 4.79 Å². The molecule has 0 bridgehead atoms. The van der Waals surface area contributed by atoms with Gasteiger partial charge < -0.3 is 10.2 Å². The monoisotopic (exact) mass is 390 g/mol. The van der Waals surface area contributed by atoms with Crippen molar-refractivity contribution in [1.82, 2.24) is 10.2 Å². The molecular weight excluding hydrogens is 364 g/mol. The Kier molecular flexibility index (Phi) is 6.85. The Morgan fingerprint density at radius 2 is 2.08 bits per heavy atom. The number of likely N-dealkylation sites (tertiary alicyclic amines) is 1. The maximum atomic E-state index is 12.3. The molecule has 1 atom stereocenters.